The maximum absolute atomic E-state index is 9.86. The Labute approximate surface area is 324 Å². The topological polar surface area (TPSA) is 17.8 Å². The minimum Gasteiger partial charge on any atom is -0.296 e. The number of para-hydroxylation sites is 2. The number of hydrogen-bond donors (Lipinski definition) is 0. The second-order valence-electron chi connectivity index (χ2n) is 10.6. The highest BCUT2D eigenvalue weighted by atomic mass is 15.1. The van der Waals surface area contributed by atoms with E-state index in [1.165, 1.54) is 0 Å². The molecular formula is C47H34N2. The second kappa shape index (κ2) is 12.1. The van der Waals surface area contributed by atoms with Crippen molar-refractivity contribution >= 4 is 32.6 Å². The summed E-state index contributed by atoms with van der Waals surface area (Å²) in [7, 11) is 0. The van der Waals surface area contributed by atoms with Crippen molar-refractivity contribution in [3.05, 3.63) is 181 Å². The number of rotatable bonds is 6. The van der Waals surface area contributed by atoms with Gasteiger partial charge in [-0.05, 0) is 96.3 Å². The predicted octanol–water partition coefficient (Wildman–Crippen LogP) is 12.6. The molecule has 0 saturated carbocycles. The van der Waals surface area contributed by atoms with Gasteiger partial charge in [-0.3, -0.25) is 4.57 Å². The van der Waals surface area contributed by atoms with Crippen LogP contribution >= 0.6 is 0 Å². The first-order valence-corrected chi connectivity index (χ1v) is 14.8. The number of imidazole rings is 1. The largest absolute Gasteiger partial charge is 0.296 e. The Morgan fingerprint density at radius 2 is 1.10 bits per heavy atom. The average Bonchev–Trinajstić information content (AvgIpc) is 3.88. The van der Waals surface area contributed by atoms with E-state index in [1.807, 2.05) is 0 Å². The van der Waals surface area contributed by atoms with Crippen LogP contribution in [0.15, 0.2) is 175 Å². The number of fused-ring (bicyclic) bond motifs is 3. The van der Waals surface area contributed by atoms with Crippen LogP contribution < -0.4 is 0 Å². The van der Waals surface area contributed by atoms with E-state index >= 15 is 0 Å². The van der Waals surface area contributed by atoms with Gasteiger partial charge in [0, 0.05) is 12.1 Å². The van der Waals surface area contributed by atoms with E-state index < -0.39 is 235 Å². The number of aromatic nitrogens is 2. The third kappa shape index (κ3) is 4.92. The van der Waals surface area contributed by atoms with Gasteiger partial charge in [0.25, 0.3) is 0 Å². The molecule has 0 aliphatic rings. The Kier molecular flexibility index (Phi) is 3.04. The Bertz CT molecular complexity index is 4100. The monoisotopic (exact) mass is 653 g/mol. The van der Waals surface area contributed by atoms with Gasteiger partial charge in [0.2, 0.25) is 0 Å². The smallest absolute Gasteiger partial charge is 0.114 e. The second-order valence-corrected chi connectivity index (χ2v) is 10.6. The predicted molar refractivity (Wildman–Crippen MR) is 207 cm³/mol. The van der Waals surface area contributed by atoms with E-state index in [9.17, 15) is 12.3 Å². The van der Waals surface area contributed by atoms with Gasteiger partial charge in [-0.25, -0.2) is 4.98 Å². The summed E-state index contributed by atoms with van der Waals surface area (Å²) >= 11 is 0. The van der Waals surface area contributed by atoms with Crippen molar-refractivity contribution in [3.63, 3.8) is 0 Å². The quantitative estimate of drug-likeness (QED) is 0.163. The van der Waals surface area contributed by atoms with E-state index in [4.69, 9.17) is 24.7 Å². The molecule has 2 heteroatoms. The van der Waals surface area contributed by atoms with E-state index in [2.05, 4.69) is 4.98 Å². The van der Waals surface area contributed by atoms with Gasteiger partial charge < -0.3 is 0 Å². The third-order valence-electron chi connectivity index (χ3n) is 7.89. The summed E-state index contributed by atoms with van der Waals surface area (Å²) in [6.45, 7) is 1.59. The first kappa shape index (κ1) is 12.3. The lowest BCUT2D eigenvalue weighted by Gasteiger charge is -2.20. The number of aryl methyl sites for hydroxylation is 1. The fourth-order valence-electron chi connectivity index (χ4n) is 5.83. The lowest BCUT2D eigenvalue weighted by molar-refractivity contribution is 0.908. The van der Waals surface area contributed by atoms with Crippen LogP contribution in [-0.2, 0) is 6.42 Å². The lowest BCUT2D eigenvalue weighted by Crippen LogP contribution is -2.00. The molecule has 9 aromatic rings. The fourth-order valence-corrected chi connectivity index (χ4v) is 5.83. The van der Waals surface area contributed by atoms with Gasteiger partial charge in [-0.1, -0.05) is 152 Å². The summed E-state index contributed by atoms with van der Waals surface area (Å²) in [6.07, 6.45) is -0.0144. The molecule has 49 heavy (non-hydrogen) atoms. The molecule has 0 aliphatic carbocycles. The molecule has 0 unspecified atom stereocenters. The Hall–Kier alpha value is -6.25. The molecule has 9 rings (SSSR count). The first-order chi connectivity index (χ1) is 35.5. The van der Waals surface area contributed by atoms with Crippen LogP contribution in [0.2, 0.25) is 0 Å². The number of benzene rings is 8. The molecule has 1 aromatic heterocycles. The van der Waals surface area contributed by atoms with Gasteiger partial charge in [0.1, 0.15) is 5.82 Å². The Morgan fingerprint density at radius 3 is 1.86 bits per heavy atom. The summed E-state index contributed by atoms with van der Waals surface area (Å²) in [4.78, 5) is 4.39. The van der Waals surface area contributed by atoms with Crippen molar-refractivity contribution in [2.24, 2.45) is 0 Å². The van der Waals surface area contributed by atoms with Crippen LogP contribution in [0.1, 0.15) is 49.8 Å². The molecular weight excluding hydrogens is 593 g/mol. The van der Waals surface area contributed by atoms with Gasteiger partial charge in [0.15, 0.2) is 0 Å². The highest BCUT2D eigenvalue weighted by molar-refractivity contribution is 6.23. The van der Waals surface area contributed by atoms with E-state index in [1.54, 1.807) is 6.92 Å². The number of nitrogens with zero attached hydrogens (tertiary/aromatic N) is 2. The van der Waals surface area contributed by atoms with Crippen LogP contribution in [-0.4, -0.2) is 9.55 Å². The van der Waals surface area contributed by atoms with Gasteiger partial charge in [0.05, 0.1) is 48.0 Å². The maximum Gasteiger partial charge on any atom is 0.114 e. The molecule has 0 atom stereocenters. The molecule has 0 aliphatic heterocycles. The van der Waals surface area contributed by atoms with Crippen molar-refractivity contribution in [3.8, 4) is 50.2 Å². The van der Waals surface area contributed by atoms with Crippen molar-refractivity contribution in [1.29, 1.82) is 0 Å². The zero-order valence-corrected chi connectivity index (χ0v) is 25.3. The highest BCUT2D eigenvalue weighted by Crippen LogP contribution is 2.47. The van der Waals surface area contributed by atoms with E-state index in [0.717, 1.165) is 16.7 Å². The zero-order valence-electron chi connectivity index (χ0n) is 52.3. The summed E-state index contributed by atoms with van der Waals surface area (Å²) in [5, 5.41) is -2.46. The summed E-state index contributed by atoms with van der Waals surface area (Å²) in [5.74, 6) is -0.0199. The number of hydrogen-bond acceptors (Lipinski definition) is 1. The Morgan fingerprint density at radius 1 is 0.490 bits per heavy atom. The summed E-state index contributed by atoms with van der Waals surface area (Å²) in [6, 6.07) is -21.5. The van der Waals surface area contributed by atoms with Crippen molar-refractivity contribution in [2.75, 3.05) is 0 Å². The third-order valence-corrected chi connectivity index (χ3v) is 7.89. The average molecular weight is 654 g/mol. The van der Waals surface area contributed by atoms with Crippen LogP contribution in [0.4, 0.5) is 0 Å². The standard InChI is InChI=1S/C47H34N2/c1-2-45-48-43-23-13-14-24-44(43)49(45)36-28-25-34(26-29-36)46-39-21-11-12-22-40(39)47(38-20-10-9-19-37(38)33-17-7-4-8-18-33)42-31-35(27-30-41(42)46)32-15-5-3-6-16-32/h3-31H,2H2,1H3/i3D,4D,5D,6D,7D,8D,9D,10D,11D,12D,13D,14D,15D,16D,17D,18D,19D,21D,22D,23D,24D,25D,26D,27D,28D,29D,30D. The molecule has 1 heterocycles. The van der Waals surface area contributed by atoms with Gasteiger partial charge in [-0.2, -0.15) is 0 Å². The van der Waals surface area contributed by atoms with Crippen LogP contribution in [0, 0.1) is 0 Å². The summed E-state index contributed by atoms with van der Waals surface area (Å²) in [5.41, 5.74) is -6.31. The maximum atomic E-state index is 9.86. The molecule has 8 aromatic carbocycles. The molecule has 0 N–H and O–H groups in total. The van der Waals surface area contributed by atoms with Gasteiger partial charge in [-0.15, -0.1) is 0 Å². The van der Waals surface area contributed by atoms with E-state index in [-0.39, 0.29) is 23.3 Å². The minimum absolute atomic E-state index is 0.0144. The highest BCUT2D eigenvalue weighted by Gasteiger charge is 2.20. The molecule has 0 bridgehead atoms. The van der Waals surface area contributed by atoms with Crippen molar-refractivity contribution in [1.82, 2.24) is 9.55 Å². The molecule has 0 fully saturated rings. The minimum atomic E-state index is -0.977. The van der Waals surface area contributed by atoms with Gasteiger partial charge >= 0.3 is 0 Å². The molecule has 232 valence electrons. The molecule has 2 nitrogen and oxygen atoms in total. The van der Waals surface area contributed by atoms with Crippen LogP contribution in [0.25, 0.3) is 82.8 Å². The van der Waals surface area contributed by atoms with E-state index in [0.29, 0.717) is 0 Å². The summed E-state index contributed by atoms with van der Waals surface area (Å²) < 4.78 is 244. The normalized spacial score (nSPS) is 19.2. The lowest BCUT2D eigenvalue weighted by atomic mass is 9.83. The van der Waals surface area contributed by atoms with Crippen molar-refractivity contribution < 1.29 is 37.0 Å². The fraction of sp³-hybridized carbons (Fsp3) is 0.0426. The zero-order chi connectivity index (χ0) is 56.2. The Balaban J connectivity index is 1.61. The molecule has 0 saturated heterocycles. The van der Waals surface area contributed by atoms with Crippen LogP contribution in [0.3, 0.4) is 0 Å². The van der Waals surface area contributed by atoms with Crippen LogP contribution in [0.5, 0.6) is 0 Å². The molecule has 0 amide bonds. The first-order valence-electron chi connectivity index (χ1n) is 28.3. The SMILES string of the molecule is [2H]c1cc(-c2c3cc(-c4c([2H])c([2H])c([2H])c([2H])c4[2H])c([2H])c([2H])c3c(-c3c([2H])c([2H])c(-n4c(CC)nc5c([2H])c([2H])c([2H])c([2H])c54)c([2H])c3[2H])c3c([2H])c([2H])c([2H])c([2H])c23)c(-c2c([2H])c([2H])c([2H])c([2H])c2[2H])c([2H])c1[2H]. The molecule has 0 radical (unpaired) electrons. The van der Waals surface area contributed by atoms with Crippen molar-refractivity contribution in [2.45, 2.75) is 13.3 Å². The molecule has 0 spiro atoms.